The maximum atomic E-state index is 6.45. The maximum Gasteiger partial charge on any atom is 0.141 e. The Hall–Kier alpha value is -2.17. The molecular formula is C19H21N3O. The van der Waals surface area contributed by atoms with E-state index in [-0.39, 0.29) is 12.2 Å². The van der Waals surface area contributed by atoms with Gasteiger partial charge in [-0.3, -0.25) is 0 Å². The third-order valence-electron chi connectivity index (χ3n) is 4.43. The highest BCUT2D eigenvalue weighted by atomic mass is 16.5. The van der Waals surface area contributed by atoms with Crippen LogP contribution in [0.15, 0.2) is 54.6 Å². The molecule has 4 nitrogen and oxygen atoms in total. The zero-order chi connectivity index (χ0) is 15.6. The van der Waals surface area contributed by atoms with Crippen LogP contribution < -0.4 is 0 Å². The van der Waals surface area contributed by atoms with Gasteiger partial charge in [-0.2, -0.15) is 0 Å². The van der Waals surface area contributed by atoms with Crippen molar-refractivity contribution in [3.8, 4) is 0 Å². The van der Waals surface area contributed by atoms with E-state index in [1.54, 1.807) is 0 Å². The quantitative estimate of drug-likeness (QED) is 0.803. The van der Waals surface area contributed by atoms with Crippen molar-refractivity contribution in [3.05, 3.63) is 66.0 Å². The fourth-order valence-electron chi connectivity index (χ4n) is 3.22. The Labute approximate surface area is 136 Å². The van der Waals surface area contributed by atoms with Gasteiger partial charge in [-0.05, 0) is 31.2 Å². The Bertz CT molecular complexity index is 750. The second-order valence-electron chi connectivity index (χ2n) is 6.24. The summed E-state index contributed by atoms with van der Waals surface area (Å²) in [5.41, 5.74) is 3.17. The van der Waals surface area contributed by atoms with Crippen LogP contribution in [-0.4, -0.2) is 41.1 Å². The van der Waals surface area contributed by atoms with Crippen molar-refractivity contribution >= 4 is 11.0 Å². The predicted octanol–water partition coefficient (Wildman–Crippen LogP) is 3.37. The number of likely N-dealkylation sites (N-methyl/N-ethyl adjacent to an activating group) is 1. The number of likely N-dealkylation sites (tertiary alicyclic amines) is 1. The number of nitrogens with zero attached hydrogens (tertiary/aromatic N) is 2. The average Bonchev–Trinajstić information content (AvgIpc) is 3.19. The summed E-state index contributed by atoms with van der Waals surface area (Å²) in [7, 11) is 2.14. The molecule has 2 atom stereocenters. The van der Waals surface area contributed by atoms with E-state index in [1.165, 1.54) is 0 Å². The molecule has 118 valence electrons. The molecule has 1 aromatic heterocycles. The third kappa shape index (κ3) is 3.00. The van der Waals surface area contributed by atoms with Gasteiger partial charge in [0.1, 0.15) is 11.9 Å². The highest BCUT2D eigenvalue weighted by Gasteiger charge is 2.27. The van der Waals surface area contributed by atoms with Crippen LogP contribution in [0, 0.1) is 0 Å². The lowest BCUT2D eigenvalue weighted by Gasteiger charge is -2.21. The first-order valence-electron chi connectivity index (χ1n) is 8.13. The molecule has 1 saturated heterocycles. The molecule has 0 saturated carbocycles. The Kier molecular flexibility index (Phi) is 3.85. The molecule has 1 aliphatic heterocycles. The molecule has 0 aliphatic carbocycles. The molecule has 3 aromatic rings. The second kappa shape index (κ2) is 6.14. The van der Waals surface area contributed by atoms with E-state index in [0.717, 1.165) is 41.9 Å². The van der Waals surface area contributed by atoms with Gasteiger partial charge in [0.25, 0.3) is 0 Å². The van der Waals surface area contributed by atoms with Crippen molar-refractivity contribution in [2.75, 3.05) is 20.1 Å². The summed E-state index contributed by atoms with van der Waals surface area (Å²) >= 11 is 0. The molecule has 1 aliphatic rings. The average molecular weight is 307 g/mol. The van der Waals surface area contributed by atoms with Gasteiger partial charge in [0.2, 0.25) is 0 Å². The topological polar surface area (TPSA) is 41.1 Å². The molecule has 0 spiro atoms. The van der Waals surface area contributed by atoms with Crippen molar-refractivity contribution in [3.63, 3.8) is 0 Å². The van der Waals surface area contributed by atoms with Gasteiger partial charge in [0.15, 0.2) is 0 Å². The minimum atomic E-state index is -0.153. The number of nitrogens with one attached hydrogen (secondary N) is 1. The van der Waals surface area contributed by atoms with E-state index in [9.17, 15) is 0 Å². The first-order valence-corrected chi connectivity index (χ1v) is 8.13. The van der Waals surface area contributed by atoms with Crippen molar-refractivity contribution < 1.29 is 4.74 Å². The highest BCUT2D eigenvalue weighted by molar-refractivity contribution is 5.74. The summed E-state index contributed by atoms with van der Waals surface area (Å²) in [4.78, 5) is 10.5. The zero-order valence-electron chi connectivity index (χ0n) is 13.3. The van der Waals surface area contributed by atoms with Gasteiger partial charge in [-0.1, -0.05) is 42.5 Å². The molecule has 2 heterocycles. The van der Waals surface area contributed by atoms with Crippen molar-refractivity contribution in [1.82, 2.24) is 14.9 Å². The van der Waals surface area contributed by atoms with Crippen LogP contribution in [0.1, 0.15) is 23.9 Å². The van der Waals surface area contributed by atoms with E-state index in [2.05, 4.69) is 47.3 Å². The van der Waals surface area contributed by atoms with E-state index in [0.29, 0.717) is 0 Å². The van der Waals surface area contributed by atoms with Crippen molar-refractivity contribution in [2.24, 2.45) is 0 Å². The number of hydrogen-bond donors (Lipinski definition) is 1. The Balaban J connectivity index is 1.69. The minimum absolute atomic E-state index is 0.153. The number of hydrogen-bond acceptors (Lipinski definition) is 3. The van der Waals surface area contributed by atoms with Crippen LogP contribution in [0.5, 0.6) is 0 Å². The van der Waals surface area contributed by atoms with Crippen LogP contribution in [0.25, 0.3) is 11.0 Å². The Morgan fingerprint density at radius 1 is 1.13 bits per heavy atom. The van der Waals surface area contributed by atoms with E-state index in [1.807, 2.05) is 24.3 Å². The van der Waals surface area contributed by atoms with Crippen molar-refractivity contribution in [2.45, 2.75) is 18.6 Å². The number of aromatic amines is 1. The molecule has 1 fully saturated rings. The molecule has 0 amide bonds. The van der Waals surface area contributed by atoms with Gasteiger partial charge in [0, 0.05) is 13.1 Å². The smallest absolute Gasteiger partial charge is 0.141 e. The number of aromatic nitrogens is 2. The molecule has 23 heavy (non-hydrogen) atoms. The fraction of sp³-hybridized carbons (Fsp3) is 0.316. The van der Waals surface area contributed by atoms with Gasteiger partial charge < -0.3 is 14.6 Å². The summed E-state index contributed by atoms with van der Waals surface area (Å²) in [6.07, 6.45) is 1.17. The number of H-pyrrole nitrogens is 1. The van der Waals surface area contributed by atoms with Crippen LogP contribution in [0.2, 0.25) is 0 Å². The predicted molar refractivity (Wildman–Crippen MR) is 91.4 cm³/mol. The number of rotatable bonds is 4. The monoisotopic (exact) mass is 307 g/mol. The Morgan fingerprint density at radius 2 is 1.91 bits per heavy atom. The normalized spacial score (nSPS) is 20.1. The van der Waals surface area contributed by atoms with Gasteiger partial charge in [-0.25, -0.2) is 4.98 Å². The van der Waals surface area contributed by atoms with Crippen LogP contribution in [-0.2, 0) is 4.74 Å². The summed E-state index contributed by atoms with van der Waals surface area (Å²) < 4.78 is 6.45. The number of benzene rings is 2. The largest absolute Gasteiger partial charge is 0.361 e. The highest BCUT2D eigenvalue weighted by Crippen LogP contribution is 2.29. The van der Waals surface area contributed by atoms with E-state index < -0.39 is 0 Å². The molecular weight excluding hydrogens is 286 g/mol. The van der Waals surface area contributed by atoms with Gasteiger partial charge >= 0.3 is 0 Å². The SMILES string of the molecule is CN1CCC(OC(c2ccccc2)c2nc3ccccc3[nH]2)C1. The summed E-state index contributed by atoms with van der Waals surface area (Å²) in [6, 6.07) is 18.5. The molecule has 4 rings (SSSR count). The molecule has 2 aromatic carbocycles. The molecule has 1 N–H and O–H groups in total. The van der Waals surface area contributed by atoms with Crippen LogP contribution in [0.3, 0.4) is 0 Å². The fourth-order valence-corrected chi connectivity index (χ4v) is 3.22. The van der Waals surface area contributed by atoms with Crippen LogP contribution >= 0.6 is 0 Å². The van der Waals surface area contributed by atoms with E-state index in [4.69, 9.17) is 9.72 Å². The first kappa shape index (κ1) is 14.4. The third-order valence-corrected chi connectivity index (χ3v) is 4.43. The van der Waals surface area contributed by atoms with Crippen molar-refractivity contribution in [1.29, 1.82) is 0 Å². The maximum absolute atomic E-state index is 6.45. The summed E-state index contributed by atoms with van der Waals surface area (Å²) in [5.74, 6) is 0.881. The standard InChI is InChI=1S/C19H21N3O/c1-22-12-11-15(13-22)23-18(14-7-3-2-4-8-14)19-20-16-9-5-6-10-17(16)21-19/h2-10,15,18H,11-13H2,1H3,(H,20,21). The molecule has 4 heteroatoms. The lowest BCUT2D eigenvalue weighted by Crippen LogP contribution is -2.22. The number of para-hydroxylation sites is 2. The molecule has 0 bridgehead atoms. The zero-order valence-corrected chi connectivity index (χ0v) is 13.3. The van der Waals surface area contributed by atoms with Crippen LogP contribution in [0.4, 0.5) is 0 Å². The summed E-state index contributed by atoms with van der Waals surface area (Å²) in [6.45, 7) is 2.07. The molecule has 2 unspecified atom stereocenters. The second-order valence-corrected chi connectivity index (χ2v) is 6.24. The summed E-state index contributed by atoms with van der Waals surface area (Å²) in [5, 5.41) is 0. The number of fused-ring (bicyclic) bond motifs is 1. The van der Waals surface area contributed by atoms with E-state index >= 15 is 0 Å². The number of ether oxygens (including phenoxy) is 1. The number of imidazole rings is 1. The van der Waals surface area contributed by atoms with Gasteiger partial charge in [-0.15, -0.1) is 0 Å². The minimum Gasteiger partial charge on any atom is -0.361 e. The van der Waals surface area contributed by atoms with Gasteiger partial charge in [0.05, 0.1) is 17.1 Å². The first-order chi connectivity index (χ1) is 11.3. The lowest BCUT2D eigenvalue weighted by atomic mass is 10.1. The Morgan fingerprint density at radius 3 is 2.65 bits per heavy atom. The lowest BCUT2D eigenvalue weighted by molar-refractivity contribution is 0.0116. The molecule has 0 radical (unpaired) electrons.